The van der Waals surface area contributed by atoms with Crippen LogP contribution < -0.4 is 5.32 Å². The van der Waals surface area contributed by atoms with E-state index in [9.17, 15) is 14.0 Å². The van der Waals surface area contributed by atoms with Gasteiger partial charge >= 0.3 is 5.97 Å². The van der Waals surface area contributed by atoms with Crippen molar-refractivity contribution in [2.75, 3.05) is 33.3 Å². The Bertz CT molecular complexity index is 554. The molecule has 0 bridgehead atoms. The van der Waals surface area contributed by atoms with Crippen LogP contribution >= 0.6 is 11.6 Å². The molecule has 0 saturated carbocycles. The fraction of sp³-hybridized carbons (Fsp3) is 0.500. The summed E-state index contributed by atoms with van der Waals surface area (Å²) in [7, 11) is 1.38. The fourth-order valence-electron chi connectivity index (χ4n) is 2.62. The number of nitrogens with one attached hydrogen (secondary N) is 1. The van der Waals surface area contributed by atoms with Gasteiger partial charge < -0.3 is 10.1 Å². The molecule has 0 spiro atoms. The van der Waals surface area contributed by atoms with E-state index in [2.05, 4.69) is 10.1 Å². The van der Waals surface area contributed by atoms with E-state index in [1.165, 1.54) is 19.2 Å². The third-order valence-corrected chi connectivity index (χ3v) is 4.18. The molecule has 126 valence electrons. The molecule has 0 radical (unpaired) electrons. The Morgan fingerprint density at radius 2 is 2.04 bits per heavy atom. The van der Waals surface area contributed by atoms with Crippen LogP contribution in [0.3, 0.4) is 0 Å². The number of halogens is 2. The van der Waals surface area contributed by atoms with Gasteiger partial charge in [0.25, 0.3) is 5.91 Å². The highest BCUT2D eigenvalue weighted by Crippen LogP contribution is 2.17. The summed E-state index contributed by atoms with van der Waals surface area (Å²) in [5.41, 5.74) is 0.220. The van der Waals surface area contributed by atoms with Gasteiger partial charge in [-0.3, -0.25) is 14.5 Å². The molecule has 1 aliphatic rings. The summed E-state index contributed by atoms with van der Waals surface area (Å²) >= 11 is 5.75. The second-order valence-corrected chi connectivity index (χ2v) is 6.10. The molecule has 1 aromatic rings. The lowest BCUT2D eigenvalue weighted by Gasteiger charge is -2.31. The molecule has 1 aromatic carbocycles. The van der Waals surface area contributed by atoms with E-state index in [1.807, 2.05) is 4.90 Å². The van der Waals surface area contributed by atoms with Gasteiger partial charge in [-0.1, -0.05) is 11.6 Å². The lowest BCUT2D eigenvalue weighted by Crippen LogP contribution is -2.41. The number of hydrogen-bond acceptors (Lipinski definition) is 4. The average molecular weight is 343 g/mol. The molecule has 1 aliphatic heterocycles. The van der Waals surface area contributed by atoms with Crippen molar-refractivity contribution in [2.24, 2.45) is 5.92 Å². The maximum Gasteiger partial charge on any atom is 0.319 e. The highest BCUT2D eigenvalue weighted by Gasteiger charge is 2.21. The van der Waals surface area contributed by atoms with Crippen molar-refractivity contribution < 1.29 is 18.7 Å². The Kier molecular flexibility index (Phi) is 6.36. The van der Waals surface area contributed by atoms with Crippen LogP contribution in [-0.4, -0.2) is 50.1 Å². The van der Waals surface area contributed by atoms with Crippen LogP contribution in [0.2, 0.25) is 5.02 Å². The summed E-state index contributed by atoms with van der Waals surface area (Å²) in [5, 5.41) is 3.02. The van der Waals surface area contributed by atoms with E-state index in [4.69, 9.17) is 11.6 Å². The monoisotopic (exact) mass is 342 g/mol. The maximum atomic E-state index is 13.3. The number of rotatable bonds is 5. The Morgan fingerprint density at radius 1 is 1.35 bits per heavy atom. The number of piperidine rings is 1. The minimum atomic E-state index is -0.529. The number of nitrogens with zero attached hydrogens (tertiary/aromatic N) is 1. The van der Waals surface area contributed by atoms with Gasteiger partial charge in [-0.15, -0.1) is 0 Å². The second-order valence-electron chi connectivity index (χ2n) is 5.66. The Hall–Kier alpha value is -1.66. The van der Waals surface area contributed by atoms with Crippen molar-refractivity contribution in [2.45, 2.75) is 12.8 Å². The lowest BCUT2D eigenvalue weighted by molar-refractivity contribution is -0.142. The van der Waals surface area contributed by atoms with E-state index in [0.29, 0.717) is 19.0 Å². The van der Waals surface area contributed by atoms with Gasteiger partial charge in [-0.25, -0.2) is 4.39 Å². The summed E-state index contributed by atoms with van der Waals surface area (Å²) in [6.45, 7) is 2.42. The largest absolute Gasteiger partial charge is 0.468 e. The molecule has 1 heterocycles. The van der Waals surface area contributed by atoms with Crippen molar-refractivity contribution in [3.05, 3.63) is 34.6 Å². The highest BCUT2D eigenvalue weighted by atomic mass is 35.5. The summed E-state index contributed by atoms with van der Waals surface area (Å²) in [5.74, 6) is -0.751. The Morgan fingerprint density at radius 3 is 2.65 bits per heavy atom. The SMILES string of the molecule is COC(=O)CN1CCC(CNC(=O)c2cc(F)cc(Cl)c2)CC1. The third-order valence-electron chi connectivity index (χ3n) is 3.96. The van der Waals surface area contributed by atoms with Gasteiger partial charge in [0.05, 0.1) is 13.7 Å². The number of ether oxygens (including phenoxy) is 1. The number of hydrogen-bond donors (Lipinski definition) is 1. The summed E-state index contributed by atoms with van der Waals surface area (Å²) < 4.78 is 17.9. The predicted octanol–water partition coefficient (Wildman–Crippen LogP) is 2.09. The number of carbonyl (C=O) groups excluding carboxylic acids is 2. The molecule has 5 nitrogen and oxygen atoms in total. The zero-order valence-corrected chi connectivity index (χ0v) is 13.7. The van der Waals surface area contributed by atoms with Crippen molar-refractivity contribution in [3.63, 3.8) is 0 Å². The molecule has 2 rings (SSSR count). The van der Waals surface area contributed by atoms with Crippen LogP contribution in [0.5, 0.6) is 0 Å². The van der Waals surface area contributed by atoms with Crippen LogP contribution in [0, 0.1) is 11.7 Å². The normalized spacial score (nSPS) is 16.1. The molecule has 1 amide bonds. The van der Waals surface area contributed by atoms with Crippen LogP contribution in [0.4, 0.5) is 4.39 Å². The molecule has 0 unspecified atom stereocenters. The predicted molar refractivity (Wildman–Crippen MR) is 84.9 cm³/mol. The first-order chi connectivity index (χ1) is 11.0. The molecular weight excluding hydrogens is 323 g/mol. The standard InChI is InChI=1S/C16H20ClFN2O3/c1-23-15(21)10-20-4-2-11(3-5-20)9-19-16(22)12-6-13(17)8-14(18)7-12/h6-8,11H,2-5,9-10H2,1H3,(H,19,22). The highest BCUT2D eigenvalue weighted by molar-refractivity contribution is 6.31. The van der Waals surface area contributed by atoms with Crippen molar-refractivity contribution in [3.8, 4) is 0 Å². The first kappa shape index (κ1) is 17.7. The molecule has 0 atom stereocenters. The molecule has 0 aromatic heterocycles. The fourth-order valence-corrected chi connectivity index (χ4v) is 2.84. The molecular formula is C16H20ClFN2O3. The van der Waals surface area contributed by atoms with E-state index in [0.717, 1.165) is 32.0 Å². The van der Waals surface area contributed by atoms with Gasteiger partial charge in [-0.2, -0.15) is 0 Å². The minimum absolute atomic E-state index is 0.200. The zero-order valence-electron chi connectivity index (χ0n) is 13.0. The summed E-state index contributed by atoms with van der Waals surface area (Å²) in [4.78, 5) is 25.3. The number of amides is 1. The van der Waals surface area contributed by atoms with Crippen molar-refractivity contribution in [1.82, 2.24) is 10.2 Å². The van der Waals surface area contributed by atoms with E-state index >= 15 is 0 Å². The molecule has 1 saturated heterocycles. The van der Waals surface area contributed by atoms with Crippen molar-refractivity contribution in [1.29, 1.82) is 0 Å². The Balaban J connectivity index is 1.76. The first-order valence-corrected chi connectivity index (χ1v) is 7.89. The molecule has 7 heteroatoms. The van der Waals surface area contributed by atoms with Gasteiger partial charge in [-0.05, 0) is 50.0 Å². The molecule has 23 heavy (non-hydrogen) atoms. The van der Waals surface area contributed by atoms with E-state index in [-0.39, 0.29) is 22.5 Å². The van der Waals surface area contributed by atoms with Gasteiger partial charge in [0.1, 0.15) is 5.82 Å². The molecule has 1 N–H and O–H groups in total. The zero-order chi connectivity index (χ0) is 16.8. The van der Waals surface area contributed by atoms with E-state index in [1.54, 1.807) is 0 Å². The quantitative estimate of drug-likeness (QED) is 0.832. The number of benzene rings is 1. The number of methoxy groups -OCH3 is 1. The number of likely N-dealkylation sites (tertiary alicyclic amines) is 1. The number of esters is 1. The molecule has 0 aliphatic carbocycles. The lowest BCUT2D eigenvalue weighted by atomic mass is 9.96. The van der Waals surface area contributed by atoms with Gasteiger partial charge in [0.15, 0.2) is 0 Å². The van der Waals surface area contributed by atoms with Crippen LogP contribution in [0.15, 0.2) is 18.2 Å². The summed E-state index contributed by atoms with van der Waals surface area (Å²) in [6.07, 6.45) is 1.78. The molecule has 1 fully saturated rings. The maximum absolute atomic E-state index is 13.3. The topological polar surface area (TPSA) is 58.6 Å². The van der Waals surface area contributed by atoms with Crippen LogP contribution in [0.1, 0.15) is 23.2 Å². The van der Waals surface area contributed by atoms with Gasteiger partial charge in [0.2, 0.25) is 0 Å². The second kappa shape index (κ2) is 8.26. The van der Waals surface area contributed by atoms with Gasteiger partial charge in [0, 0.05) is 17.1 Å². The van der Waals surface area contributed by atoms with Crippen LogP contribution in [0.25, 0.3) is 0 Å². The smallest absolute Gasteiger partial charge is 0.319 e. The van der Waals surface area contributed by atoms with Crippen LogP contribution in [-0.2, 0) is 9.53 Å². The van der Waals surface area contributed by atoms with Crippen molar-refractivity contribution >= 4 is 23.5 Å². The number of carbonyl (C=O) groups is 2. The first-order valence-electron chi connectivity index (χ1n) is 7.51. The third kappa shape index (κ3) is 5.48. The minimum Gasteiger partial charge on any atom is -0.468 e. The Labute approximate surface area is 139 Å². The average Bonchev–Trinajstić information content (AvgIpc) is 2.52. The van der Waals surface area contributed by atoms with E-state index < -0.39 is 5.82 Å². The summed E-state index contributed by atoms with van der Waals surface area (Å²) in [6, 6.07) is 3.77.